The molecule has 0 unspecified atom stereocenters. The van der Waals surface area contributed by atoms with Crippen LogP contribution in [-0.2, 0) is 0 Å². The Balaban J connectivity index is 2.53. The third kappa shape index (κ3) is 1.84. The molecule has 0 aliphatic heterocycles. The summed E-state index contributed by atoms with van der Waals surface area (Å²) in [4.78, 5) is 3.97. The molecular weight excluding hydrogens is 221 g/mol. The summed E-state index contributed by atoms with van der Waals surface area (Å²) in [6, 6.07) is 5.22. The monoisotopic (exact) mass is 225 g/mol. The molecule has 70 valence electrons. The number of hydrogen-bond donors (Lipinski definition) is 0. The lowest BCUT2D eigenvalue weighted by Crippen LogP contribution is -1.89. The van der Waals surface area contributed by atoms with E-state index in [2.05, 4.69) is 15.2 Å². The molecule has 0 aromatic carbocycles. The highest BCUT2D eigenvalue weighted by atomic mass is 35.5. The lowest BCUT2D eigenvalue weighted by molar-refractivity contribution is 1.04. The molecule has 2 aromatic rings. The fourth-order valence-corrected chi connectivity index (χ4v) is 1.50. The van der Waals surface area contributed by atoms with Gasteiger partial charge in [0.15, 0.2) is 5.15 Å². The lowest BCUT2D eigenvalue weighted by Gasteiger charge is -2.00. The molecule has 0 fully saturated rings. The van der Waals surface area contributed by atoms with E-state index in [1.165, 1.54) is 0 Å². The third-order valence-corrected chi connectivity index (χ3v) is 2.13. The Morgan fingerprint density at radius 3 is 2.64 bits per heavy atom. The van der Waals surface area contributed by atoms with Crippen LogP contribution in [0, 0.1) is 0 Å². The summed E-state index contributed by atoms with van der Waals surface area (Å²) in [5.41, 5.74) is 1.41. The van der Waals surface area contributed by atoms with E-state index in [1.54, 1.807) is 18.5 Å². The van der Waals surface area contributed by atoms with Gasteiger partial charge in [-0.1, -0.05) is 23.2 Å². The van der Waals surface area contributed by atoms with Gasteiger partial charge in [-0.2, -0.15) is 0 Å². The summed E-state index contributed by atoms with van der Waals surface area (Å²) >= 11 is 11.6. The SMILES string of the molecule is Clc1cc(Cl)c(-c2cccnc2)nn1. The molecule has 0 atom stereocenters. The minimum atomic E-state index is 0.280. The topological polar surface area (TPSA) is 38.7 Å². The van der Waals surface area contributed by atoms with Crippen molar-refractivity contribution in [1.82, 2.24) is 15.2 Å². The van der Waals surface area contributed by atoms with E-state index < -0.39 is 0 Å². The molecule has 0 spiro atoms. The fraction of sp³-hybridized carbons (Fsp3) is 0. The zero-order valence-electron chi connectivity index (χ0n) is 6.98. The van der Waals surface area contributed by atoms with Crippen molar-refractivity contribution in [3.05, 3.63) is 40.8 Å². The van der Waals surface area contributed by atoms with Gasteiger partial charge < -0.3 is 0 Å². The fourth-order valence-electron chi connectivity index (χ4n) is 1.05. The maximum atomic E-state index is 5.95. The minimum Gasteiger partial charge on any atom is -0.264 e. The van der Waals surface area contributed by atoms with Crippen LogP contribution in [0.15, 0.2) is 30.6 Å². The quantitative estimate of drug-likeness (QED) is 0.750. The summed E-state index contributed by atoms with van der Waals surface area (Å²) < 4.78 is 0. The second-order valence-corrected chi connectivity index (χ2v) is 3.40. The molecule has 2 heterocycles. The van der Waals surface area contributed by atoms with Crippen LogP contribution in [0.4, 0.5) is 0 Å². The van der Waals surface area contributed by atoms with Crippen molar-refractivity contribution < 1.29 is 0 Å². The highest BCUT2D eigenvalue weighted by Crippen LogP contribution is 2.25. The largest absolute Gasteiger partial charge is 0.264 e. The van der Waals surface area contributed by atoms with Crippen molar-refractivity contribution in [3.8, 4) is 11.3 Å². The molecular formula is C9H5Cl2N3. The third-order valence-electron chi connectivity index (χ3n) is 1.65. The molecule has 0 amide bonds. The van der Waals surface area contributed by atoms with E-state index in [0.717, 1.165) is 5.56 Å². The van der Waals surface area contributed by atoms with E-state index in [9.17, 15) is 0 Å². The Labute approximate surface area is 90.7 Å². The average Bonchev–Trinajstić information content (AvgIpc) is 2.19. The van der Waals surface area contributed by atoms with Crippen molar-refractivity contribution in [1.29, 1.82) is 0 Å². The highest BCUT2D eigenvalue weighted by molar-refractivity contribution is 6.35. The van der Waals surface area contributed by atoms with Crippen molar-refractivity contribution >= 4 is 23.2 Å². The second-order valence-electron chi connectivity index (χ2n) is 2.61. The summed E-state index contributed by atoms with van der Waals surface area (Å²) in [5.74, 6) is 0. The van der Waals surface area contributed by atoms with Gasteiger partial charge >= 0.3 is 0 Å². The number of pyridine rings is 1. The van der Waals surface area contributed by atoms with Crippen LogP contribution in [0.25, 0.3) is 11.3 Å². The molecule has 2 aromatic heterocycles. The molecule has 0 aliphatic carbocycles. The van der Waals surface area contributed by atoms with E-state index >= 15 is 0 Å². The number of rotatable bonds is 1. The van der Waals surface area contributed by atoms with E-state index in [1.807, 2.05) is 12.1 Å². The molecule has 2 rings (SSSR count). The van der Waals surface area contributed by atoms with Gasteiger partial charge in [0.05, 0.1) is 5.02 Å². The Hall–Kier alpha value is -1.19. The minimum absolute atomic E-state index is 0.280. The first kappa shape index (κ1) is 9.37. The smallest absolute Gasteiger partial charge is 0.153 e. The number of aromatic nitrogens is 3. The summed E-state index contributed by atoms with van der Waals surface area (Å²) in [6.07, 6.45) is 3.35. The summed E-state index contributed by atoms with van der Waals surface area (Å²) in [7, 11) is 0. The van der Waals surface area contributed by atoms with Gasteiger partial charge in [-0.05, 0) is 18.2 Å². The number of halogens is 2. The van der Waals surface area contributed by atoms with E-state index in [4.69, 9.17) is 23.2 Å². The Bertz CT molecular complexity index is 445. The summed E-state index contributed by atoms with van der Waals surface area (Å²) in [5, 5.41) is 8.36. The molecule has 3 nitrogen and oxygen atoms in total. The molecule has 0 N–H and O–H groups in total. The van der Waals surface area contributed by atoms with Crippen molar-refractivity contribution in [2.24, 2.45) is 0 Å². The maximum absolute atomic E-state index is 5.95. The van der Waals surface area contributed by atoms with Gasteiger partial charge in [-0.15, -0.1) is 10.2 Å². The Morgan fingerprint density at radius 2 is 2.00 bits per heavy atom. The van der Waals surface area contributed by atoms with Crippen molar-refractivity contribution in [3.63, 3.8) is 0 Å². The Morgan fingerprint density at radius 1 is 1.14 bits per heavy atom. The van der Waals surface area contributed by atoms with Crippen LogP contribution in [0.1, 0.15) is 0 Å². The van der Waals surface area contributed by atoms with Crippen LogP contribution in [0.5, 0.6) is 0 Å². The zero-order chi connectivity index (χ0) is 9.97. The molecule has 0 aliphatic rings. The number of nitrogens with zero attached hydrogens (tertiary/aromatic N) is 3. The maximum Gasteiger partial charge on any atom is 0.153 e. The molecule has 5 heteroatoms. The standard InChI is InChI=1S/C9H5Cl2N3/c10-7-4-8(11)13-14-9(7)6-2-1-3-12-5-6/h1-5H. The second kappa shape index (κ2) is 3.90. The molecule has 14 heavy (non-hydrogen) atoms. The lowest BCUT2D eigenvalue weighted by atomic mass is 10.2. The first-order chi connectivity index (χ1) is 6.77. The first-order valence-electron chi connectivity index (χ1n) is 3.86. The van der Waals surface area contributed by atoms with Gasteiger partial charge in [-0.3, -0.25) is 4.98 Å². The predicted octanol–water partition coefficient (Wildman–Crippen LogP) is 2.85. The van der Waals surface area contributed by atoms with Gasteiger partial charge in [0.1, 0.15) is 5.69 Å². The van der Waals surface area contributed by atoms with Gasteiger partial charge in [-0.25, -0.2) is 0 Å². The molecule has 0 bridgehead atoms. The Kier molecular flexibility index (Phi) is 2.61. The van der Waals surface area contributed by atoms with E-state index in [-0.39, 0.29) is 5.15 Å². The molecule has 0 saturated carbocycles. The average molecular weight is 226 g/mol. The van der Waals surface area contributed by atoms with Crippen LogP contribution in [0.3, 0.4) is 0 Å². The van der Waals surface area contributed by atoms with E-state index in [0.29, 0.717) is 10.7 Å². The van der Waals surface area contributed by atoms with Crippen LogP contribution < -0.4 is 0 Å². The summed E-state index contributed by atoms with van der Waals surface area (Å²) in [6.45, 7) is 0. The van der Waals surface area contributed by atoms with Crippen molar-refractivity contribution in [2.75, 3.05) is 0 Å². The van der Waals surface area contributed by atoms with Gasteiger partial charge in [0.2, 0.25) is 0 Å². The first-order valence-corrected chi connectivity index (χ1v) is 4.62. The normalized spacial score (nSPS) is 10.1. The van der Waals surface area contributed by atoms with Crippen LogP contribution in [-0.4, -0.2) is 15.2 Å². The van der Waals surface area contributed by atoms with Gasteiger partial charge in [0, 0.05) is 18.0 Å². The van der Waals surface area contributed by atoms with Crippen LogP contribution >= 0.6 is 23.2 Å². The molecule has 0 radical (unpaired) electrons. The molecule has 0 saturated heterocycles. The zero-order valence-corrected chi connectivity index (χ0v) is 8.50. The highest BCUT2D eigenvalue weighted by Gasteiger charge is 2.06. The van der Waals surface area contributed by atoms with Crippen molar-refractivity contribution in [2.45, 2.75) is 0 Å². The van der Waals surface area contributed by atoms with Crippen LogP contribution in [0.2, 0.25) is 10.2 Å². The predicted molar refractivity (Wildman–Crippen MR) is 55.3 cm³/mol. The van der Waals surface area contributed by atoms with Gasteiger partial charge in [0.25, 0.3) is 0 Å². The number of hydrogen-bond acceptors (Lipinski definition) is 3.